The van der Waals surface area contributed by atoms with E-state index in [-0.39, 0.29) is 6.61 Å². The van der Waals surface area contributed by atoms with E-state index in [4.69, 9.17) is 5.11 Å². The van der Waals surface area contributed by atoms with Crippen molar-refractivity contribution >= 4 is 0 Å². The summed E-state index contributed by atoms with van der Waals surface area (Å²) in [5, 5.41) is 8.45. The zero-order valence-electron chi connectivity index (χ0n) is 7.46. The molecule has 0 aliphatic heterocycles. The molecule has 0 fully saturated rings. The average molecular weight is 163 g/mol. The number of aryl methyl sites for hydroxylation is 2. The fourth-order valence-electron chi connectivity index (χ4n) is 1.14. The zero-order valence-corrected chi connectivity index (χ0v) is 7.46. The molecule has 1 rings (SSSR count). The molecule has 0 amide bonds. The van der Waals surface area contributed by atoms with Crippen LogP contribution in [0.4, 0.5) is 0 Å². The molecular formula is C10H13NO. The number of aliphatic hydroxyl groups is 1. The maximum Gasteiger partial charge on any atom is 0.104 e. The summed E-state index contributed by atoms with van der Waals surface area (Å²) >= 11 is 0. The van der Waals surface area contributed by atoms with Gasteiger partial charge in [0, 0.05) is 11.4 Å². The van der Waals surface area contributed by atoms with E-state index in [0.717, 1.165) is 0 Å². The monoisotopic (exact) mass is 163 g/mol. The Kier molecular flexibility index (Phi) is 2.95. The number of aliphatic hydroxyl groups excluding tert-OH is 1. The van der Waals surface area contributed by atoms with Crippen LogP contribution in [0.5, 0.6) is 0 Å². The van der Waals surface area contributed by atoms with Crippen LogP contribution in [0, 0.1) is 25.7 Å². The van der Waals surface area contributed by atoms with Gasteiger partial charge in [0.15, 0.2) is 0 Å². The van der Waals surface area contributed by atoms with Gasteiger partial charge >= 0.3 is 0 Å². The van der Waals surface area contributed by atoms with E-state index >= 15 is 0 Å². The number of rotatable bonds is 1. The van der Waals surface area contributed by atoms with E-state index in [9.17, 15) is 0 Å². The summed E-state index contributed by atoms with van der Waals surface area (Å²) in [6, 6.07) is 4.13. The maximum absolute atomic E-state index is 8.45. The molecule has 0 aliphatic carbocycles. The summed E-state index contributed by atoms with van der Waals surface area (Å²) < 4.78 is 2.11. The Labute approximate surface area is 72.8 Å². The first-order valence-corrected chi connectivity index (χ1v) is 3.95. The minimum absolute atomic E-state index is 0.0562. The molecule has 1 heterocycles. The molecular weight excluding hydrogens is 150 g/mol. The second kappa shape index (κ2) is 3.99. The zero-order chi connectivity index (χ0) is 8.97. The molecule has 2 nitrogen and oxygen atoms in total. The van der Waals surface area contributed by atoms with Crippen LogP contribution in [0.2, 0.25) is 0 Å². The summed E-state index contributed by atoms with van der Waals surface area (Å²) in [6.07, 6.45) is 0. The molecule has 0 saturated carbocycles. The van der Waals surface area contributed by atoms with Crippen LogP contribution in [0.15, 0.2) is 12.1 Å². The van der Waals surface area contributed by atoms with Crippen LogP contribution in [0.1, 0.15) is 11.4 Å². The molecule has 1 aromatic heterocycles. The minimum atomic E-state index is -0.0562. The lowest BCUT2D eigenvalue weighted by atomic mass is 10.5. The second-order valence-electron chi connectivity index (χ2n) is 2.71. The number of aromatic nitrogens is 1. The molecule has 0 atom stereocenters. The molecule has 0 radical (unpaired) electrons. The predicted molar refractivity (Wildman–Crippen MR) is 48.8 cm³/mol. The smallest absolute Gasteiger partial charge is 0.104 e. The Bertz CT molecular complexity index is 295. The van der Waals surface area contributed by atoms with Crippen LogP contribution >= 0.6 is 0 Å². The van der Waals surface area contributed by atoms with Gasteiger partial charge in [0.25, 0.3) is 0 Å². The van der Waals surface area contributed by atoms with Crippen molar-refractivity contribution in [1.29, 1.82) is 0 Å². The number of hydrogen-bond donors (Lipinski definition) is 1. The van der Waals surface area contributed by atoms with Crippen molar-refractivity contribution in [2.75, 3.05) is 6.61 Å². The first kappa shape index (κ1) is 8.89. The van der Waals surface area contributed by atoms with E-state index in [2.05, 4.69) is 28.5 Å². The highest BCUT2D eigenvalue weighted by Gasteiger charge is 1.96. The Balaban J connectivity index is 2.74. The van der Waals surface area contributed by atoms with Crippen LogP contribution < -0.4 is 0 Å². The van der Waals surface area contributed by atoms with Crippen molar-refractivity contribution in [3.63, 3.8) is 0 Å². The fraction of sp³-hybridized carbons (Fsp3) is 0.400. The molecule has 2 heteroatoms. The Morgan fingerprint density at radius 2 is 1.83 bits per heavy atom. The van der Waals surface area contributed by atoms with Crippen molar-refractivity contribution in [1.82, 2.24) is 4.57 Å². The maximum atomic E-state index is 8.45. The minimum Gasteiger partial charge on any atom is -0.384 e. The lowest BCUT2D eigenvalue weighted by Crippen LogP contribution is -1.99. The van der Waals surface area contributed by atoms with Gasteiger partial charge in [0.1, 0.15) is 6.61 Å². The van der Waals surface area contributed by atoms with E-state index in [1.165, 1.54) is 11.4 Å². The third kappa shape index (κ3) is 1.90. The van der Waals surface area contributed by atoms with Crippen LogP contribution in [0.25, 0.3) is 0 Å². The standard InChI is InChI=1S/C10H13NO/c1-9-5-6-10(2)11(9)7-3-4-8-12/h5-6,12H,7-8H2,1-2H3. The van der Waals surface area contributed by atoms with Gasteiger partial charge in [-0.15, -0.1) is 0 Å². The molecule has 0 unspecified atom stereocenters. The van der Waals surface area contributed by atoms with E-state index in [1.807, 2.05) is 13.8 Å². The average Bonchev–Trinajstić information content (AvgIpc) is 2.35. The Morgan fingerprint density at radius 3 is 2.33 bits per heavy atom. The largest absolute Gasteiger partial charge is 0.384 e. The molecule has 0 aliphatic rings. The van der Waals surface area contributed by atoms with Gasteiger partial charge in [-0.25, -0.2) is 0 Å². The summed E-state index contributed by atoms with van der Waals surface area (Å²) in [5.74, 6) is 5.51. The van der Waals surface area contributed by atoms with Gasteiger partial charge in [-0.3, -0.25) is 0 Å². The molecule has 0 bridgehead atoms. The van der Waals surface area contributed by atoms with Crippen molar-refractivity contribution in [3.8, 4) is 11.8 Å². The highest BCUT2D eigenvalue weighted by Crippen LogP contribution is 2.05. The van der Waals surface area contributed by atoms with Gasteiger partial charge in [-0.1, -0.05) is 11.8 Å². The van der Waals surface area contributed by atoms with E-state index in [1.54, 1.807) is 0 Å². The van der Waals surface area contributed by atoms with E-state index in [0.29, 0.717) is 6.54 Å². The summed E-state index contributed by atoms with van der Waals surface area (Å²) in [7, 11) is 0. The first-order chi connectivity index (χ1) is 5.75. The molecule has 0 saturated heterocycles. The molecule has 12 heavy (non-hydrogen) atoms. The normalized spacial score (nSPS) is 9.25. The van der Waals surface area contributed by atoms with Crippen LogP contribution in [0.3, 0.4) is 0 Å². The lowest BCUT2D eigenvalue weighted by molar-refractivity contribution is 0.350. The number of hydrogen-bond acceptors (Lipinski definition) is 1. The third-order valence-electron chi connectivity index (χ3n) is 1.86. The van der Waals surface area contributed by atoms with Gasteiger partial charge < -0.3 is 9.67 Å². The number of nitrogens with zero attached hydrogens (tertiary/aromatic N) is 1. The molecule has 0 aromatic carbocycles. The predicted octanol–water partition coefficient (Wildman–Crippen LogP) is 1.10. The second-order valence-corrected chi connectivity index (χ2v) is 2.71. The fourth-order valence-corrected chi connectivity index (χ4v) is 1.14. The Hall–Kier alpha value is -1.20. The van der Waals surface area contributed by atoms with E-state index < -0.39 is 0 Å². The SMILES string of the molecule is Cc1ccc(C)n1CC#CCO. The van der Waals surface area contributed by atoms with Crippen molar-refractivity contribution < 1.29 is 5.11 Å². The molecule has 1 N–H and O–H groups in total. The van der Waals surface area contributed by atoms with Crippen LogP contribution in [-0.4, -0.2) is 16.3 Å². The quantitative estimate of drug-likeness (QED) is 0.616. The Morgan fingerprint density at radius 1 is 1.25 bits per heavy atom. The molecule has 0 spiro atoms. The van der Waals surface area contributed by atoms with Crippen LogP contribution in [-0.2, 0) is 6.54 Å². The topological polar surface area (TPSA) is 25.2 Å². The van der Waals surface area contributed by atoms with Gasteiger partial charge in [-0.05, 0) is 26.0 Å². The first-order valence-electron chi connectivity index (χ1n) is 3.95. The summed E-state index contributed by atoms with van der Waals surface area (Å²) in [5.41, 5.74) is 2.42. The highest BCUT2D eigenvalue weighted by atomic mass is 16.2. The van der Waals surface area contributed by atoms with Crippen molar-refractivity contribution in [3.05, 3.63) is 23.5 Å². The van der Waals surface area contributed by atoms with Gasteiger partial charge in [-0.2, -0.15) is 0 Å². The van der Waals surface area contributed by atoms with Crippen molar-refractivity contribution in [2.45, 2.75) is 20.4 Å². The third-order valence-corrected chi connectivity index (χ3v) is 1.86. The van der Waals surface area contributed by atoms with Gasteiger partial charge in [0.05, 0.1) is 6.54 Å². The summed E-state index contributed by atoms with van der Waals surface area (Å²) in [4.78, 5) is 0. The summed E-state index contributed by atoms with van der Waals surface area (Å²) in [6.45, 7) is 4.71. The van der Waals surface area contributed by atoms with Crippen molar-refractivity contribution in [2.24, 2.45) is 0 Å². The molecule has 64 valence electrons. The van der Waals surface area contributed by atoms with Gasteiger partial charge in [0.2, 0.25) is 0 Å². The molecule has 1 aromatic rings. The highest BCUT2D eigenvalue weighted by molar-refractivity contribution is 5.15. The lowest BCUT2D eigenvalue weighted by Gasteiger charge is -2.02.